The Bertz CT molecular complexity index is 2360. The fraction of sp³-hybridized carbons (Fsp3) is 0.608. The molecule has 0 radical (unpaired) electrons. The van der Waals surface area contributed by atoms with E-state index in [1.807, 2.05) is 0 Å². The molecule has 3 unspecified atom stereocenters. The van der Waals surface area contributed by atoms with E-state index in [9.17, 15) is 15.1 Å². The van der Waals surface area contributed by atoms with Gasteiger partial charge in [-0.3, -0.25) is 9.05 Å². The number of anilines is 1. The van der Waals surface area contributed by atoms with E-state index < -0.39 is 50.2 Å². The highest BCUT2D eigenvalue weighted by molar-refractivity contribution is 7.49. The Morgan fingerprint density at radius 3 is 2.19 bits per heavy atom. The summed E-state index contributed by atoms with van der Waals surface area (Å²) in [6, 6.07) is 19.4. The summed E-state index contributed by atoms with van der Waals surface area (Å²) in [7, 11) is -3.16. The highest BCUT2D eigenvalue weighted by Gasteiger charge is 2.65. The first-order chi connectivity index (χ1) is 33.4. The predicted molar refractivity (Wildman–Crippen MR) is 262 cm³/mol. The number of unbranched alkanes of at least 4 members (excludes halogenated alkanes) is 15. The number of ether oxygens (including phenoxy) is 6. The van der Waals surface area contributed by atoms with Crippen LogP contribution in [0, 0.1) is 22.7 Å². The lowest BCUT2D eigenvalue weighted by molar-refractivity contribution is -0.204. The van der Waals surface area contributed by atoms with Crippen molar-refractivity contribution in [1.82, 2.24) is 14.6 Å². The number of aromatic nitrogens is 3. The molecule has 0 spiro atoms. The molecule has 2 aromatic heterocycles. The van der Waals surface area contributed by atoms with Gasteiger partial charge in [-0.05, 0) is 56.7 Å². The predicted octanol–water partition coefficient (Wildman–Crippen LogP) is 11.8. The average molecular weight is 994 g/mol. The summed E-state index contributed by atoms with van der Waals surface area (Å²) in [6.45, 7) is 5.39. The van der Waals surface area contributed by atoms with Crippen molar-refractivity contribution in [2.75, 3.05) is 39.3 Å². The number of phosphoric acid groups is 1. The van der Waals surface area contributed by atoms with Crippen molar-refractivity contribution in [3.8, 4) is 23.6 Å². The minimum Gasteiger partial charge on any atom is -0.496 e. The second kappa shape index (κ2) is 26.8. The third kappa shape index (κ3) is 15.3. The molecule has 4 aromatic rings. The molecule has 6 atom stereocenters. The van der Waals surface area contributed by atoms with Crippen molar-refractivity contribution in [2.45, 2.75) is 166 Å². The first kappa shape index (κ1) is 54.0. The van der Waals surface area contributed by atoms with E-state index >= 15 is 0 Å². The molecule has 18 heteroatoms. The van der Waals surface area contributed by atoms with Gasteiger partial charge in [-0.2, -0.15) is 15.6 Å². The Morgan fingerprint density at radius 2 is 1.54 bits per heavy atom. The van der Waals surface area contributed by atoms with Crippen LogP contribution in [0.5, 0.6) is 11.5 Å². The Labute approximate surface area is 412 Å². The summed E-state index contributed by atoms with van der Waals surface area (Å²) in [5.41, 5.74) is 6.43. The molecule has 69 heavy (non-hydrogen) atoms. The van der Waals surface area contributed by atoms with Crippen molar-refractivity contribution >= 4 is 30.8 Å². The summed E-state index contributed by atoms with van der Waals surface area (Å²) in [5.74, 6) is -0.374. The molecule has 0 bridgehead atoms. The number of rotatable bonds is 32. The van der Waals surface area contributed by atoms with Gasteiger partial charge in [0.25, 0.3) is 0 Å². The van der Waals surface area contributed by atoms with Crippen LogP contribution in [-0.2, 0) is 43.9 Å². The fourth-order valence-corrected chi connectivity index (χ4v) is 10.2. The van der Waals surface area contributed by atoms with Crippen LogP contribution in [0.2, 0.25) is 5.02 Å². The standard InChI is InChI=1S/C51H70ClN6O10P/c1-5-6-7-8-9-10-11-12-13-14-15-16-17-18-19-22-29-61-33-40(62-32-39-26-25-38(31-53)30-45(39)60-4)34-63-69(59,68-44-24-21-20-23-41(44)52)64-36-51(35-54)48-47(65-50(2,3)67-48)46(66-51)42-27-28-43-49(55)56-37-57-58(42)43/h20-21,23-28,30,37,40,46-48H,5-19,22,29,32-34,36H2,1-4H3,(H2,55,56,57)/t40?,46?,47-,48-,51+,69?/m0/s1. The monoisotopic (exact) mass is 992 g/mol. The molecule has 4 heterocycles. The first-order valence-corrected chi connectivity index (χ1v) is 26.4. The largest absolute Gasteiger partial charge is 0.530 e. The molecule has 2 fully saturated rings. The van der Waals surface area contributed by atoms with Gasteiger partial charge in [0.05, 0.1) is 49.3 Å². The molecule has 6 rings (SSSR count). The number of nitrogens with two attached hydrogens (primary N) is 1. The number of hydrogen-bond acceptors (Lipinski definition) is 15. The maximum Gasteiger partial charge on any atom is 0.530 e. The highest BCUT2D eigenvalue weighted by atomic mass is 35.5. The van der Waals surface area contributed by atoms with Crippen LogP contribution in [0.4, 0.5) is 5.82 Å². The molecule has 2 aromatic carbocycles. The molecule has 0 aliphatic carbocycles. The zero-order chi connectivity index (χ0) is 49.1. The number of benzene rings is 2. The molecular weight excluding hydrogens is 923 g/mol. The summed E-state index contributed by atoms with van der Waals surface area (Å²) in [5, 5.41) is 24.9. The van der Waals surface area contributed by atoms with Gasteiger partial charge < -0.3 is 38.7 Å². The van der Waals surface area contributed by atoms with E-state index in [1.54, 1.807) is 66.9 Å². The third-order valence-corrected chi connectivity index (χ3v) is 14.1. The molecular formula is C51H70ClN6O10P. The molecule has 0 saturated carbocycles. The van der Waals surface area contributed by atoms with Gasteiger partial charge in [0, 0.05) is 12.2 Å². The number of para-hydroxylation sites is 1. The van der Waals surface area contributed by atoms with Gasteiger partial charge in [0.1, 0.15) is 60.4 Å². The number of halogens is 1. The van der Waals surface area contributed by atoms with Gasteiger partial charge in [-0.15, -0.1) is 0 Å². The Hall–Kier alpha value is -4.32. The van der Waals surface area contributed by atoms with Crippen molar-refractivity contribution in [3.05, 3.63) is 82.8 Å². The minimum absolute atomic E-state index is 0.0228. The van der Waals surface area contributed by atoms with Crippen LogP contribution in [-0.4, -0.2) is 77.8 Å². The van der Waals surface area contributed by atoms with Crippen LogP contribution in [0.1, 0.15) is 146 Å². The maximum absolute atomic E-state index is 14.9. The average Bonchev–Trinajstić information content (AvgIpc) is 4.02. The van der Waals surface area contributed by atoms with E-state index in [-0.39, 0.29) is 36.4 Å². The van der Waals surface area contributed by atoms with Crippen LogP contribution in [0.15, 0.2) is 60.9 Å². The number of hydrogen-bond donors (Lipinski definition) is 1. The number of fused-ring (bicyclic) bond motifs is 2. The number of nitrogens with zero attached hydrogens (tertiary/aromatic N) is 5. The number of methoxy groups -OCH3 is 1. The highest BCUT2D eigenvalue weighted by Crippen LogP contribution is 2.55. The number of phosphoric ester groups is 1. The third-order valence-electron chi connectivity index (χ3n) is 12.5. The second-order valence-corrected chi connectivity index (χ2v) is 20.2. The minimum atomic E-state index is -4.67. The second-order valence-electron chi connectivity index (χ2n) is 18.2. The van der Waals surface area contributed by atoms with E-state index in [1.165, 1.54) is 103 Å². The summed E-state index contributed by atoms with van der Waals surface area (Å²) >= 11 is 6.50. The van der Waals surface area contributed by atoms with Gasteiger partial charge in [0.2, 0.25) is 5.60 Å². The van der Waals surface area contributed by atoms with E-state index in [0.717, 1.165) is 19.3 Å². The first-order valence-electron chi connectivity index (χ1n) is 24.6. The fourth-order valence-electron chi connectivity index (χ4n) is 8.72. The molecule has 2 aliphatic heterocycles. The lowest BCUT2D eigenvalue weighted by Crippen LogP contribution is -2.46. The SMILES string of the molecule is CCCCCCCCCCCCCCCCCCOCC(COP(=O)(OC[C@@]1(C#N)OC(c2ccc3c(N)ncnn23)[C@@H]2OC(C)(C)O[C@@H]21)Oc1ccccc1Cl)OCc1ccc(C#N)cc1OC. The lowest BCUT2D eigenvalue weighted by Gasteiger charge is -2.30. The molecule has 2 aliphatic rings. The quantitative estimate of drug-likeness (QED) is 0.0357. The van der Waals surface area contributed by atoms with E-state index in [2.05, 4.69) is 29.1 Å². The maximum atomic E-state index is 14.9. The Morgan fingerprint density at radius 1 is 0.855 bits per heavy atom. The zero-order valence-corrected chi connectivity index (χ0v) is 42.3. The van der Waals surface area contributed by atoms with Gasteiger partial charge in [-0.1, -0.05) is 133 Å². The van der Waals surface area contributed by atoms with Crippen LogP contribution >= 0.6 is 19.4 Å². The molecule has 2 saturated heterocycles. The van der Waals surface area contributed by atoms with Crippen molar-refractivity contribution in [3.63, 3.8) is 0 Å². The zero-order valence-electron chi connectivity index (χ0n) is 40.7. The smallest absolute Gasteiger partial charge is 0.496 e. The van der Waals surface area contributed by atoms with Gasteiger partial charge in [0.15, 0.2) is 11.6 Å². The normalized spacial score (nSPS) is 20.8. The number of nitrogen functional groups attached to an aromatic ring is 1. The van der Waals surface area contributed by atoms with Crippen molar-refractivity contribution in [2.24, 2.45) is 0 Å². The Kier molecular flexibility index (Phi) is 21.0. The van der Waals surface area contributed by atoms with E-state index in [0.29, 0.717) is 34.7 Å². The van der Waals surface area contributed by atoms with Crippen molar-refractivity contribution < 1.29 is 46.6 Å². The lowest BCUT2D eigenvalue weighted by atomic mass is 9.96. The van der Waals surface area contributed by atoms with Crippen LogP contribution in [0.25, 0.3) is 5.52 Å². The van der Waals surface area contributed by atoms with Crippen molar-refractivity contribution in [1.29, 1.82) is 10.5 Å². The summed E-state index contributed by atoms with van der Waals surface area (Å²) in [4.78, 5) is 4.08. The number of nitriles is 2. The van der Waals surface area contributed by atoms with Gasteiger partial charge in [-0.25, -0.2) is 14.1 Å². The van der Waals surface area contributed by atoms with Crippen LogP contribution < -0.4 is 15.0 Å². The molecule has 2 N–H and O–H groups in total. The molecule has 376 valence electrons. The molecule has 16 nitrogen and oxygen atoms in total. The molecule has 0 amide bonds. The van der Waals surface area contributed by atoms with E-state index in [4.69, 9.17) is 59.3 Å². The summed E-state index contributed by atoms with van der Waals surface area (Å²) < 4.78 is 71.9. The Balaban J connectivity index is 1.08. The topological polar surface area (TPSA) is 204 Å². The summed E-state index contributed by atoms with van der Waals surface area (Å²) in [6.07, 6.45) is 18.1. The van der Waals surface area contributed by atoms with Crippen LogP contribution in [0.3, 0.4) is 0 Å². The van der Waals surface area contributed by atoms with Gasteiger partial charge >= 0.3 is 7.82 Å².